The lowest BCUT2D eigenvalue weighted by atomic mass is 10.2. The van der Waals surface area contributed by atoms with Crippen molar-refractivity contribution in [3.05, 3.63) is 23.5 Å². The molecule has 1 N–H and O–H groups in total. The number of aromatic nitrogens is 1. The molecule has 5 heteroatoms. The van der Waals surface area contributed by atoms with Gasteiger partial charge in [0, 0.05) is 6.20 Å². The highest BCUT2D eigenvalue weighted by molar-refractivity contribution is 5.75. The van der Waals surface area contributed by atoms with E-state index in [1.165, 1.54) is 0 Å². The molecular weight excluding hydrogens is 159 g/mol. The molecule has 1 rings (SSSR count). The fraction of sp³-hybridized carbons (Fsp3) is 0.167. The van der Waals surface area contributed by atoms with Gasteiger partial charge in [0.05, 0.1) is 5.56 Å². The van der Waals surface area contributed by atoms with E-state index in [0.717, 1.165) is 18.5 Å². The van der Waals surface area contributed by atoms with Gasteiger partial charge in [0.1, 0.15) is 5.69 Å². The van der Waals surface area contributed by atoms with Crippen LogP contribution in [-0.4, -0.2) is 11.3 Å². The Morgan fingerprint density at radius 1 is 1.45 bits per heavy atom. The maximum absolute atomic E-state index is 11.9. The van der Waals surface area contributed by atoms with Crippen LogP contribution in [0.5, 0.6) is 0 Å². The minimum absolute atomic E-state index is 0.558. The van der Waals surface area contributed by atoms with E-state index < -0.39 is 17.4 Å². The first-order chi connectivity index (χ1) is 5.05. The molecule has 0 bridgehead atoms. The van der Waals surface area contributed by atoms with Crippen LogP contribution in [0.1, 0.15) is 11.3 Å². The van der Waals surface area contributed by atoms with E-state index in [1.807, 2.05) is 0 Å². The Balaban J connectivity index is 3.12. The third-order valence-electron chi connectivity index (χ3n) is 1.15. The summed E-state index contributed by atoms with van der Waals surface area (Å²) in [6.45, 7) is 0. The molecule has 0 atom stereocenters. The molecular formula is C6H3F3NO. The van der Waals surface area contributed by atoms with Gasteiger partial charge < -0.3 is 4.98 Å². The zero-order valence-electron chi connectivity index (χ0n) is 5.20. The lowest BCUT2D eigenvalue weighted by Crippen LogP contribution is -2.06. The average molecular weight is 162 g/mol. The number of halogens is 3. The third kappa shape index (κ3) is 1.42. The molecule has 1 heterocycles. The summed E-state index contributed by atoms with van der Waals surface area (Å²) in [5.41, 5.74) is -1.54. The van der Waals surface area contributed by atoms with Crippen LogP contribution >= 0.6 is 0 Å². The van der Waals surface area contributed by atoms with Gasteiger partial charge in [-0.3, -0.25) is 4.79 Å². The first-order valence-corrected chi connectivity index (χ1v) is 2.68. The molecule has 0 aliphatic heterocycles. The van der Waals surface area contributed by atoms with E-state index >= 15 is 0 Å². The second-order valence-corrected chi connectivity index (χ2v) is 1.87. The Kier molecular flexibility index (Phi) is 1.72. The maximum Gasteiger partial charge on any atom is 0.418 e. The molecule has 2 nitrogen and oxygen atoms in total. The smallest absolute Gasteiger partial charge is 0.358 e. The van der Waals surface area contributed by atoms with Crippen LogP contribution in [0.25, 0.3) is 0 Å². The van der Waals surface area contributed by atoms with Gasteiger partial charge in [0.15, 0.2) is 0 Å². The van der Waals surface area contributed by atoms with E-state index in [4.69, 9.17) is 0 Å². The predicted molar refractivity (Wildman–Crippen MR) is 30.6 cm³/mol. The van der Waals surface area contributed by atoms with Crippen molar-refractivity contribution in [2.75, 3.05) is 0 Å². The fourth-order valence-electron chi connectivity index (χ4n) is 0.690. The summed E-state index contributed by atoms with van der Waals surface area (Å²) >= 11 is 0. The van der Waals surface area contributed by atoms with Crippen LogP contribution in [0, 0.1) is 0 Å². The standard InChI is InChI=1S/C6H3F3NO/c7-6(8,9)4-1-2-10-5(4)3-11/h1-2,10H. The highest BCUT2D eigenvalue weighted by atomic mass is 19.4. The number of H-pyrrole nitrogens is 1. The summed E-state index contributed by atoms with van der Waals surface area (Å²) in [5.74, 6) is 0. The van der Waals surface area contributed by atoms with E-state index in [0.29, 0.717) is 0 Å². The zero-order valence-corrected chi connectivity index (χ0v) is 5.20. The van der Waals surface area contributed by atoms with Crippen LogP contribution in [0.2, 0.25) is 0 Å². The fourth-order valence-corrected chi connectivity index (χ4v) is 0.690. The molecule has 1 aromatic heterocycles. The first kappa shape index (κ1) is 7.84. The average Bonchev–Trinajstić information content (AvgIpc) is 2.31. The number of rotatable bonds is 1. The Morgan fingerprint density at radius 2 is 2.09 bits per heavy atom. The van der Waals surface area contributed by atoms with Crippen molar-refractivity contribution in [2.24, 2.45) is 0 Å². The first-order valence-electron chi connectivity index (χ1n) is 2.68. The van der Waals surface area contributed by atoms with E-state index in [9.17, 15) is 18.0 Å². The predicted octanol–water partition coefficient (Wildman–Crippen LogP) is 1.49. The molecule has 0 saturated carbocycles. The van der Waals surface area contributed by atoms with Crippen molar-refractivity contribution in [3.8, 4) is 0 Å². The summed E-state index contributed by atoms with van der Waals surface area (Å²) in [6.07, 6.45) is -2.28. The molecule has 0 fully saturated rings. The molecule has 0 aliphatic carbocycles. The molecule has 0 aromatic carbocycles. The summed E-state index contributed by atoms with van der Waals surface area (Å²) in [4.78, 5) is 12.0. The molecule has 11 heavy (non-hydrogen) atoms. The molecule has 0 spiro atoms. The lowest BCUT2D eigenvalue weighted by Gasteiger charge is -2.02. The Hall–Kier alpha value is -1.26. The summed E-state index contributed by atoms with van der Waals surface area (Å²) < 4.78 is 35.6. The van der Waals surface area contributed by atoms with Crippen LogP contribution in [-0.2, 0) is 11.0 Å². The van der Waals surface area contributed by atoms with Gasteiger partial charge in [0.25, 0.3) is 6.29 Å². The van der Waals surface area contributed by atoms with Gasteiger partial charge in [0.2, 0.25) is 0 Å². The molecule has 0 aliphatic rings. The highest BCUT2D eigenvalue weighted by Gasteiger charge is 2.34. The Bertz CT molecular complexity index is 263. The zero-order chi connectivity index (χ0) is 8.48. The van der Waals surface area contributed by atoms with E-state index in [2.05, 4.69) is 4.98 Å². The third-order valence-corrected chi connectivity index (χ3v) is 1.15. The van der Waals surface area contributed by atoms with Gasteiger partial charge in [-0.1, -0.05) is 0 Å². The lowest BCUT2D eigenvalue weighted by molar-refractivity contribution is -0.137. The minimum Gasteiger partial charge on any atom is -0.358 e. The monoisotopic (exact) mass is 162 g/mol. The van der Waals surface area contributed by atoms with Gasteiger partial charge in [-0.25, -0.2) is 0 Å². The van der Waals surface area contributed by atoms with Gasteiger partial charge >= 0.3 is 6.18 Å². The number of alkyl halides is 3. The SMILES string of the molecule is O=[C]c1[nH]ccc1C(F)(F)F. The van der Waals surface area contributed by atoms with Crippen LogP contribution in [0.4, 0.5) is 13.2 Å². The molecule has 0 unspecified atom stereocenters. The number of nitrogens with one attached hydrogen (secondary N) is 1. The number of hydrogen-bond donors (Lipinski definition) is 1. The quantitative estimate of drug-likeness (QED) is 0.666. The topological polar surface area (TPSA) is 32.9 Å². The van der Waals surface area contributed by atoms with Crippen LogP contribution in [0.3, 0.4) is 0 Å². The van der Waals surface area contributed by atoms with Crippen molar-refractivity contribution in [3.63, 3.8) is 0 Å². The van der Waals surface area contributed by atoms with Crippen molar-refractivity contribution in [1.29, 1.82) is 0 Å². The minimum atomic E-state index is -4.48. The van der Waals surface area contributed by atoms with Gasteiger partial charge in [-0.15, -0.1) is 0 Å². The van der Waals surface area contributed by atoms with Gasteiger partial charge in [-0.05, 0) is 6.07 Å². The molecule has 59 valence electrons. The van der Waals surface area contributed by atoms with E-state index in [-0.39, 0.29) is 0 Å². The van der Waals surface area contributed by atoms with Gasteiger partial charge in [-0.2, -0.15) is 13.2 Å². The summed E-state index contributed by atoms with van der Waals surface area (Å²) in [7, 11) is 0. The molecule has 0 amide bonds. The van der Waals surface area contributed by atoms with Crippen molar-refractivity contribution >= 4 is 6.29 Å². The van der Waals surface area contributed by atoms with Crippen molar-refractivity contribution < 1.29 is 18.0 Å². The Morgan fingerprint density at radius 3 is 2.45 bits per heavy atom. The Labute approximate surface area is 60.0 Å². The maximum atomic E-state index is 11.9. The molecule has 1 aromatic rings. The molecule has 0 saturated heterocycles. The highest BCUT2D eigenvalue weighted by Crippen LogP contribution is 2.30. The van der Waals surface area contributed by atoms with Crippen molar-refractivity contribution in [2.45, 2.75) is 6.18 Å². The summed E-state index contributed by atoms with van der Waals surface area (Å²) in [5, 5.41) is 0. The number of hydrogen-bond acceptors (Lipinski definition) is 1. The second-order valence-electron chi connectivity index (χ2n) is 1.87. The number of aromatic amines is 1. The molecule has 1 radical (unpaired) electrons. The normalized spacial score (nSPS) is 11.5. The second kappa shape index (κ2) is 2.41. The van der Waals surface area contributed by atoms with Crippen LogP contribution in [0.15, 0.2) is 12.3 Å². The van der Waals surface area contributed by atoms with E-state index in [1.54, 1.807) is 0 Å². The van der Waals surface area contributed by atoms with Crippen molar-refractivity contribution in [1.82, 2.24) is 4.98 Å². The number of carbonyl (C=O) groups excluding carboxylic acids is 1. The summed E-state index contributed by atoms with van der Waals surface area (Å²) in [6, 6.07) is 0.792. The van der Waals surface area contributed by atoms with Crippen LogP contribution < -0.4 is 0 Å². The largest absolute Gasteiger partial charge is 0.418 e.